The van der Waals surface area contributed by atoms with Crippen molar-refractivity contribution in [3.63, 3.8) is 0 Å². The molecule has 3 aromatic carbocycles. The molecular weight excluding hydrogens is 406 g/mol. The molecule has 0 heterocycles. The van der Waals surface area contributed by atoms with Crippen LogP contribution in [0.4, 0.5) is 5.69 Å². The second kappa shape index (κ2) is 11.9. The molecule has 0 saturated carbocycles. The average Bonchev–Trinajstić information content (AvgIpc) is 2.84. The van der Waals surface area contributed by atoms with Crippen LogP contribution >= 0.6 is 0 Å². The Bertz CT molecular complexity index is 1150. The van der Waals surface area contributed by atoms with E-state index in [1.807, 2.05) is 73.7 Å². The van der Waals surface area contributed by atoms with Crippen LogP contribution in [0.15, 0.2) is 65.8 Å². The Kier molecular flexibility index (Phi) is 8.69. The number of rotatable bonds is 10. The molecule has 0 atom stereocenters. The average molecular weight is 438 g/mol. The van der Waals surface area contributed by atoms with Gasteiger partial charge in [0.2, 0.25) is 0 Å². The van der Waals surface area contributed by atoms with Gasteiger partial charge in [-0.2, -0.15) is 5.26 Å². The summed E-state index contributed by atoms with van der Waals surface area (Å²) in [5.41, 5.74) is 6.87. The van der Waals surface area contributed by atoms with E-state index in [0.29, 0.717) is 11.3 Å². The molecule has 0 bridgehead atoms. The number of hydrogen-bond donors (Lipinski definition) is 0. The lowest BCUT2D eigenvalue weighted by atomic mass is 9.95. The zero-order valence-electron chi connectivity index (χ0n) is 19.7. The van der Waals surface area contributed by atoms with Gasteiger partial charge in [0.1, 0.15) is 11.8 Å². The van der Waals surface area contributed by atoms with Crippen molar-refractivity contribution >= 4 is 17.8 Å². The quantitative estimate of drug-likeness (QED) is 0.241. The molecule has 0 aromatic heterocycles. The zero-order chi connectivity index (χ0) is 23.6. The van der Waals surface area contributed by atoms with Gasteiger partial charge in [-0.3, -0.25) is 4.90 Å². The first-order chi connectivity index (χ1) is 16.1. The maximum Gasteiger partial charge on any atom is 0.113 e. The summed E-state index contributed by atoms with van der Waals surface area (Å²) < 4.78 is 0. The van der Waals surface area contributed by atoms with Crippen LogP contribution in [-0.4, -0.2) is 18.0 Å². The summed E-state index contributed by atoms with van der Waals surface area (Å²) >= 11 is 0. The topological polar surface area (TPSA) is 56.5 Å². The SMILES string of the molecule is CCCN(CCC)Cc1cc(C)c(/C=C/c2cccc(-c3ccccc3)c2C#N)cc1N=O. The molecule has 3 rings (SSSR count). The van der Waals surface area contributed by atoms with Crippen molar-refractivity contribution in [2.24, 2.45) is 5.18 Å². The molecule has 33 heavy (non-hydrogen) atoms. The van der Waals surface area contributed by atoms with Crippen LogP contribution in [0.1, 0.15) is 54.5 Å². The molecule has 0 N–H and O–H groups in total. The van der Waals surface area contributed by atoms with Crippen molar-refractivity contribution in [1.29, 1.82) is 5.26 Å². The summed E-state index contributed by atoms with van der Waals surface area (Å²) in [5, 5.41) is 13.2. The van der Waals surface area contributed by atoms with Gasteiger partial charge in [-0.15, -0.1) is 4.91 Å². The second-order valence-electron chi connectivity index (χ2n) is 8.29. The molecule has 0 spiro atoms. The first kappa shape index (κ1) is 24.1. The molecule has 3 aromatic rings. The molecule has 168 valence electrons. The molecule has 4 nitrogen and oxygen atoms in total. The Labute approximate surface area is 197 Å². The minimum Gasteiger partial charge on any atom is -0.299 e. The smallest absolute Gasteiger partial charge is 0.113 e. The number of aryl methyl sites for hydroxylation is 1. The molecule has 4 heteroatoms. The number of nitrogens with zero attached hydrogens (tertiary/aromatic N) is 3. The lowest BCUT2D eigenvalue weighted by molar-refractivity contribution is 0.267. The Balaban J connectivity index is 1.93. The molecule has 0 unspecified atom stereocenters. The number of benzene rings is 3. The Hall–Kier alpha value is -3.55. The van der Waals surface area contributed by atoms with E-state index in [9.17, 15) is 10.2 Å². The fourth-order valence-electron chi connectivity index (χ4n) is 4.18. The van der Waals surface area contributed by atoms with E-state index in [1.54, 1.807) is 0 Å². The van der Waals surface area contributed by atoms with Gasteiger partial charge in [0, 0.05) is 12.1 Å². The molecule has 0 amide bonds. The minimum absolute atomic E-state index is 0.482. The fraction of sp³-hybridized carbons (Fsp3) is 0.276. The number of nitriles is 1. The lowest BCUT2D eigenvalue weighted by Crippen LogP contribution is -2.25. The van der Waals surface area contributed by atoms with Crippen LogP contribution in [0, 0.1) is 23.2 Å². The predicted octanol–water partition coefficient (Wildman–Crippen LogP) is 7.72. The number of hydrogen-bond acceptors (Lipinski definition) is 4. The van der Waals surface area contributed by atoms with Crippen molar-refractivity contribution in [2.45, 2.75) is 40.2 Å². The maximum atomic E-state index is 11.6. The zero-order valence-corrected chi connectivity index (χ0v) is 19.7. The van der Waals surface area contributed by atoms with Crippen LogP contribution < -0.4 is 0 Å². The summed E-state index contributed by atoms with van der Waals surface area (Å²) in [6.45, 7) is 9.12. The highest BCUT2D eigenvalue weighted by atomic mass is 16.3. The lowest BCUT2D eigenvalue weighted by Gasteiger charge is -2.22. The van der Waals surface area contributed by atoms with E-state index in [4.69, 9.17) is 0 Å². The third-order valence-electron chi connectivity index (χ3n) is 5.78. The summed E-state index contributed by atoms with van der Waals surface area (Å²) in [6.07, 6.45) is 6.07. The molecule has 0 fully saturated rings. The van der Waals surface area contributed by atoms with Gasteiger partial charge in [-0.05, 0) is 71.9 Å². The monoisotopic (exact) mass is 437 g/mol. The van der Waals surface area contributed by atoms with Gasteiger partial charge in [0.15, 0.2) is 0 Å². The largest absolute Gasteiger partial charge is 0.299 e. The van der Waals surface area contributed by atoms with Crippen molar-refractivity contribution in [3.05, 3.63) is 93.4 Å². The van der Waals surface area contributed by atoms with Crippen molar-refractivity contribution in [3.8, 4) is 17.2 Å². The minimum atomic E-state index is 0.482. The van der Waals surface area contributed by atoms with Crippen LogP contribution in [0.2, 0.25) is 0 Å². The Morgan fingerprint density at radius 3 is 2.27 bits per heavy atom. The molecular formula is C29H31N3O. The maximum absolute atomic E-state index is 11.6. The van der Waals surface area contributed by atoms with Gasteiger partial charge < -0.3 is 0 Å². The van der Waals surface area contributed by atoms with E-state index in [2.05, 4.69) is 36.1 Å². The summed E-state index contributed by atoms with van der Waals surface area (Å²) in [6, 6.07) is 22.1. The standard InChI is InChI=1S/C29H31N3O/c1-4-16-32(17-5-2)21-26-18-22(3)25(19-29(26)31-33)15-14-24-12-9-13-27(28(24)20-30)23-10-7-6-8-11-23/h6-15,18-19H,4-5,16-17,21H2,1-3H3/b15-14+. The third-order valence-corrected chi connectivity index (χ3v) is 5.78. The fourth-order valence-corrected chi connectivity index (χ4v) is 4.18. The third kappa shape index (κ3) is 6.03. The van der Waals surface area contributed by atoms with Gasteiger partial charge in [-0.1, -0.05) is 80.6 Å². The highest BCUT2D eigenvalue weighted by Gasteiger charge is 2.12. The van der Waals surface area contributed by atoms with Gasteiger partial charge in [-0.25, -0.2) is 0 Å². The van der Waals surface area contributed by atoms with Crippen LogP contribution in [-0.2, 0) is 6.54 Å². The Morgan fingerprint density at radius 1 is 0.939 bits per heavy atom. The molecule has 0 aliphatic heterocycles. The Morgan fingerprint density at radius 2 is 1.64 bits per heavy atom. The van der Waals surface area contributed by atoms with E-state index >= 15 is 0 Å². The molecule has 0 aliphatic carbocycles. The molecule has 0 aliphatic rings. The van der Waals surface area contributed by atoms with Crippen LogP contribution in [0.25, 0.3) is 23.3 Å². The highest BCUT2D eigenvalue weighted by molar-refractivity contribution is 5.81. The highest BCUT2D eigenvalue weighted by Crippen LogP contribution is 2.29. The van der Waals surface area contributed by atoms with Crippen LogP contribution in [0.5, 0.6) is 0 Å². The summed E-state index contributed by atoms with van der Waals surface area (Å²) in [7, 11) is 0. The number of nitroso groups, excluding NO2 is 1. The van der Waals surface area contributed by atoms with E-state index < -0.39 is 0 Å². The second-order valence-corrected chi connectivity index (χ2v) is 8.29. The normalized spacial score (nSPS) is 11.1. The van der Waals surface area contributed by atoms with E-state index in [1.165, 1.54) is 0 Å². The summed E-state index contributed by atoms with van der Waals surface area (Å²) in [5.74, 6) is 0. The van der Waals surface area contributed by atoms with Gasteiger partial charge in [0.05, 0.1) is 5.56 Å². The van der Waals surface area contributed by atoms with Crippen molar-refractivity contribution < 1.29 is 0 Å². The first-order valence-electron chi connectivity index (χ1n) is 11.6. The predicted molar refractivity (Wildman–Crippen MR) is 138 cm³/mol. The van der Waals surface area contributed by atoms with Gasteiger partial charge >= 0.3 is 0 Å². The summed E-state index contributed by atoms with van der Waals surface area (Å²) in [4.78, 5) is 14.0. The van der Waals surface area contributed by atoms with Crippen molar-refractivity contribution in [1.82, 2.24) is 4.90 Å². The molecule has 0 saturated heterocycles. The van der Waals surface area contributed by atoms with E-state index in [-0.39, 0.29) is 0 Å². The van der Waals surface area contributed by atoms with Gasteiger partial charge in [0.25, 0.3) is 0 Å². The first-order valence-corrected chi connectivity index (χ1v) is 11.6. The molecule has 0 radical (unpaired) electrons. The van der Waals surface area contributed by atoms with Crippen LogP contribution in [0.3, 0.4) is 0 Å². The van der Waals surface area contributed by atoms with E-state index in [0.717, 1.165) is 65.9 Å². The van der Waals surface area contributed by atoms with Crippen molar-refractivity contribution in [2.75, 3.05) is 13.1 Å².